The lowest BCUT2D eigenvalue weighted by Gasteiger charge is -2.24. The quantitative estimate of drug-likeness (QED) is 0.848. The van der Waals surface area contributed by atoms with E-state index in [4.69, 9.17) is 11.6 Å². The van der Waals surface area contributed by atoms with Crippen molar-refractivity contribution in [1.82, 2.24) is 10.2 Å². The molecule has 1 aromatic rings. The second-order valence-corrected chi connectivity index (χ2v) is 5.51. The lowest BCUT2D eigenvalue weighted by Crippen LogP contribution is -2.49. The summed E-state index contributed by atoms with van der Waals surface area (Å²) in [6, 6.07) is 5.91. The maximum Gasteiger partial charge on any atom is 0.326 e. The van der Waals surface area contributed by atoms with Crippen LogP contribution in [-0.4, -0.2) is 35.1 Å². The summed E-state index contributed by atoms with van der Waals surface area (Å²) in [6.45, 7) is 4.01. The SMILES string of the molecule is CCC(C)[C@H](NC(=O)N(C)Cc1ccccc1Cl)C(=O)O. The van der Waals surface area contributed by atoms with E-state index in [1.807, 2.05) is 25.1 Å². The number of rotatable bonds is 6. The largest absolute Gasteiger partial charge is 0.480 e. The fourth-order valence-corrected chi connectivity index (χ4v) is 2.08. The summed E-state index contributed by atoms with van der Waals surface area (Å²) < 4.78 is 0. The number of hydrogen-bond acceptors (Lipinski definition) is 2. The van der Waals surface area contributed by atoms with Crippen LogP contribution >= 0.6 is 11.6 Å². The number of urea groups is 1. The molecule has 1 rings (SSSR count). The van der Waals surface area contributed by atoms with Crippen molar-refractivity contribution in [2.75, 3.05) is 7.05 Å². The molecule has 0 aliphatic rings. The van der Waals surface area contributed by atoms with Gasteiger partial charge >= 0.3 is 12.0 Å². The smallest absolute Gasteiger partial charge is 0.326 e. The summed E-state index contributed by atoms with van der Waals surface area (Å²) in [4.78, 5) is 24.7. The monoisotopic (exact) mass is 312 g/mol. The average molecular weight is 313 g/mol. The fourth-order valence-electron chi connectivity index (χ4n) is 1.88. The Hall–Kier alpha value is -1.75. The molecule has 0 bridgehead atoms. The molecule has 0 aliphatic heterocycles. The Morgan fingerprint density at radius 2 is 2.00 bits per heavy atom. The van der Waals surface area contributed by atoms with E-state index in [-0.39, 0.29) is 5.92 Å². The molecule has 5 nitrogen and oxygen atoms in total. The van der Waals surface area contributed by atoms with Crippen molar-refractivity contribution < 1.29 is 14.7 Å². The van der Waals surface area contributed by atoms with E-state index >= 15 is 0 Å². The minimum Gasteiger partial charge on any atom is -0.480 e. The van der Waals surface area contributed by atoms with E-state index in [1.165, 1.54) is 4.90 Å². The molecule has 0 saturated heterocycles. The number of nitrogens with one attached hydrogen (secondary N) is 1. The van der Waals surface area contributed by atoms with Gasteiger partial charge in [0.1, 0.15) is 6.04 Å². The van der Waals surface area contributed by atoms with Gasteiger partial charge in [0.2, 0.25) is 0 Å². The van der Waals surface area contributed by atoms with Gasteiger partial charge < -0.3 is 15.3 Å². The van der Waals surface area contributed by atoms with E-state index in [0.29, 0.717) is 18.0 Å². The Bertz CT molecular complexity index is 507. The topological polar surface area (TPSA) is 69.6 Å². The van der Waals surface area contributed by atoms with Gasteiger partial charge in [-0.1, -0.05) is 50.1 Å². The zero-order chi connectivity index (χ0) is 16.0. The van der Waals surface area contributed by atoms with Gasteiger partial charge in [-0.15, -0.1) is 0 Å². The maximum absolute atomic E-state index is 12.1. The Kier molecular flexibility index (Phi) is 6.49. The first kappa shape index (κ1) is 17.3. The van der Waals surface area contributed by atoms with Gasteiger partial charge in [-0.2, -0.15) is 0 Å². The number of carboxylic acids is 1. The van der Waals surface area contributed by atoms with Crippen molar-refractivity contribution in [3.05, 3.63) is 34.9 Å². The highest BCUT2D eigenvalue weighted by atomic mass is 35.5. The number of aliphatic carboxylic acids is 1. The summed E-state index contributed by atoms with van der Waals surface area (Å²) in [7, 11) is 1.61. The van der Waals surface area contributed by atoms with Gasteiger partial charge in [-0.3, -0.25) is 0 Å². The molecular weight excluding hydrogens is 292 g/mol. The molecule has 6 heteroatoms. The second-order valence-electron chi connectivity index (χ2n) is 5.10. The zero-order valence-corrected chi connectivity index (χ0v) is 13.2. The van der Waals surface area contributed by atoms with Gasteiger partial charge in [-0.25, -0.2) is 9.59 Å². The third-order valence-electron chi connectivity index (χ3n) is 3.47. The summed E-state index contributed by atoms with van der Waals surface area (Å²) >= 11 is 6.05. The lowest BCUT2D eigenvalue weighted by molar-refractivity contribution is -0.140. The van der Waals surface area contributed by atoms with Crippen molar-refractivity contribution in [2.45, 2.75) is 32.9 Å². The highest BCUT2D eigenvalue weighted by molar-refractivity contribution is 6.31. The zero-order valence-electron chi connectivity index (χ0n) is 12.5. The fraction of sp³-hybridized carbons (Fsp3) is 0.467. The van der Waals surface area contributed by atoms with Crippen molar-refractivity contribution in [3.63, 3.8) is 0 Å². The normalized spacial score (nSPS) is 13.3. The standard InChI is InChI=1S/C15H21ClN2O3/c1-4-10(2)13(14(19)20)17-15(21)18(3)9-11-7-5-6-8-12(11)16/h5-8,10,13H,4,9H2,1-3H3,(H,17,21)(H,19,20)/t10?,13-/m0/s1. The molecule has 0 heterocycles. The van der Waals surface area contributed by atoms with Crippen LogP contribution in [0, 0.1) is 5.92 Å². The van der Waals surface area contributed by atoms with Crippen LogP contribution in [0.5, 0.6) is 0 Å². The molecule has 21 heavy (non-hydrogen) atoms. The molecule has 1 aromatic carbocycles. The van der Waals surface area contributed by atoms with Crippen LogP contribution in [-0.2, 0) is 11.3 Å². The number of halogens is 1. The number of carbonyl (C=O) groups is 2. The third kappa shape index (κ3) is 4.93. The lowest BCUT2D eigenvalue weighted by atomic mass is 9.99. The van der Waals surface area contributed by atoms with E-state index in [2.05, 4.69) is 5.32 Å². The van der Waals surface area contributed by atoms with Gasteiger partial charge in [0, 0.05) is 18.6 Å². The number of amides is 2. The van der Waals surface area contributed by atoms with E-state index in [9.17, 15) is 14.7 Å². The Labute approximate surface area is 129 Å². The van der Waals surface area contributed by atoms with Gasteiger partial charge in [-0.05, 0) is 17.5 Å². The van der Waals surface area contributed by atoms with Crippen LogP contribution in [0.1, 0.15) is 25.8 Å². The summed E-state index contributed by atoms with van der Waals surface area (Å²) in [5.74, 6) is -1.16. The van der Waals surface area contributed by atoms with Crippen LogP contribution in [0.3, 0.4) is 0 Å². The van der Waals surface area contributed by atoms with E-state index in [1.54, 1.807) is 20.0 Å². The van der Waals surface area contributed by atoms with Gasteiger partial charge in [0.05, 0.1) is 0 Å². The molecule has 0 spiro atoms. The molecule has 116 valence electrons. The summed E-state index contributed by atoms with van der Waals surface area (Å²) in [5.41, 5.74) is 0.812. The average Bonchev–Trinajstić information content (AvgIpc) is 2.45. The summed E-state index contributed by atoms with van der Waals surface area (Å²) in [6.07, 6.45) is 0.672. The molecule has 0 radical (unpaired) electrons. The molecule has 0 aromatic heterocycles. The predicted octanol–water partition coefficient (Wildman–Crippen LogP) is 2.98. The second kappa shape index (κ2) is 7.88. The molecule has 0 fully saturated rings. The first-order valence-corrected chi connectivity index (χ1v) is 7.22. The molecule has 0 aliphatic carbocycles. The molecule has 2 atom stereocenters. The van der Waals surface area contributed by atoms with Gasteiger partial charge in [0.15, 0.2) is 0 Å². The molecule has 0 saturated carbocycles. The van der Waals surface area contributed by atoms with Crippen molar-refractivity contribution in [2.24, 2.45) is 5.92 Å². The predicted molar refractivity (Wildman–Crippen MR) is 82.3 cm³/mol. The summed E-state index contributed by atoms with van der Waals surface area (Å²) in [5, 5.41) is 12.3. The number of carboxylic acid groups (broad SMARTS) is 1. The van der Waals surface area contributed by atoms with Crippen LogP contribution < -0.4 is 5.32 Å². The Morgan fingerprint density at radius 1 is 1.38 bits per heavy atom. The minimum absolute atomic E-state index is 0.139. The minimum atomic E-state index is -1.02. The van der Waals surface area contributed by atoms with E-state index in [0.717, 1.165) is 5.56 Å². The Balaban J connectivity index is 2.70. The van der Waals surface area contributed by atoms with Gasteiger partial charge in [0.25, 0.3) is 0 Å². The van der Waals surface area contributed by atoms with Crippen LogP contribution in [0.4, 0.5) is 4.79 Å². The van der Waals surface area contributed by atoms with Crippen molar-refractivity contribution in [1.29, 1.82) is 0 Å². The highest BCUT2D eigenvalue weighted by Gasteiger charge is 2.26. The first-order chi connectivity index (χ1) is 9.86. The van der Waals surface area contributed by atoms with Crippen molar-refractivity contribution in [3.8, 4) is 0 Å². The number of carbonyl (C=O) groups excluding carboxylic acids is 1. The number of benzene rings is 1. The van der Waals surface area contributed by atoms with E-state index < -0.39 is 18.0 Å². The van der Waals surface area contributed by atoms with Crippen LogP contribution in [0.2, 0.25) is 5.02 Å². The maximum atomic E-state index is 12.1. The first-order valence-electron chi connectivity index (χ1n) is 6.84. The highest BCUT2D eigenvalue weighted by Crippen LogP contribution is 2.16. The molecule has 1 unspecified atom stereocenters. The van der Waals surface area contributed by atoms with Crippen LogP contribution in [0.25, 0.3) is 0 Å². The van der Waals surface area contributed by atoms with Crippen molar-refractivity contribution >= 4 is 23.6 Å². The molecule has 2 amide bonds. The van der Waals surface area contributed by atoms with Crippen LogP contribution in [0.15, 0.2) is 24.3 Å². The number of nitrogens with zero attached hydrogens (tertiary/aromatic N) is 1. The third-order valence-corrected chi connectivity index (χ3v) is 3.84. The molecule has 2 N–H and O–H groups in total. The number of hydrogen-bond donors (Lipinski definition) is 2. The molecular formula is C15H21ClN2O3. The Morgan fingerprint density at radius 3 is 2.52 bits per heavy atom.